The number of carbonyl (C=O) groups is 2. The zero-order valence-electron chi connectivity index (χ0n) is 12.4. The molecule has 0 saturated heterocycles. The molecule has 1 amide bonds. The van der Waals surface area contributed by atoms with Crippen LogP contribution in [-0.2, 0) is 16.1 Å². The second kappa shape index (κ2) is 6.34. The minimum absolute atomic E-state index is 0.00389. The summed E-state index contributed by atoms with van der Waals surface area (Å²) in [4.78, 5) is 27.9. The van der Waals surface area contributed by atoms with E-state index < -0.39 is 17.8 Å². The van der Waals surface area contributed by atoms with Gasteiger partial charge in [0.1, 0.15) is 0 Å². The first-order valence-electron chi connectivity index (χ1n) is 7.81. The van der Waals surface area contributed by atoms with Crippen LogP contribution in [0.3, 0.4) is 0 Å². The fourth-order valence-corrected chi connectivity index (χ4v) is 3.70. The van der Waals surface area contributed by atoms with Crippen molar-refractivity contribution in [3.05, 3.63) is 30.9 Å². The Morgan fingerprint density at radius 2 is 1.95 bits per heavy atom. The molecule has 2 N–H and O–H groups in total. The van der Waals surface area contributed by atoms with Gasteiger partial charge in [0.15, 0.2) is 0 Å². The van der Waals surface area contributed by atoms with Crippen LogP contribution >= 0.6 is 0 Å². The fourth-order valence-electron chi connectivity index (χ4n) is 3.70. The zero-order valence-corrected chi connectivity index (χ0v) is 12.4. The molecule has 0 aromatic carbocycles. The minimum Gasteiger partial charge on any atom is -0.481 e. The van der Waals surface area contributed by atoms with Crippen LogP contribution in [-0.4, -0.2) is 33.1 Å². The Hall–Kier alpha value is -2.11. The molecule has 4 rings (SSSR count). The summed E-state index contributed by atoms with van der Waals surface area (Å²) in [6.45, 7) is 1.35. The van der Waals surface area contributed by atoms with Gasteiger partial charge in [-0.3, -0.25) is 9.59 Å². The monoisotopic (exact) mass is 303 g/mol. The number of aryl methyl sites for hydroxylation is 1. The molecule has 3 aliphatic rings. The highest BCUT2D eigenvalue weighted by molar-refractivity contribution is 5.86. The molecule has 0 spiro atoms. The van der Waals surface area contributed by atoms with E-state index in [1.54, 1.807) is 12.5 Å². The lowest BCUT2D eigenvalue weighted by molar-refractivity contribution is -0.152. The van der Waals surface area contributed by atoms with E-state index in [9.17, 15) is 14.7 Å². The number of nitrogens with zero attached hydrogens (tertiary/aromatic N) is 2. The standard InChI is InChI=1S/C16H21N3O3/c20-15(18-6-1-8-19-9-7-17-10-19)13-11-2-4-12(5-3-11)14(13)16(21)22/h2,4,7,9-14H,1,3,5-6,8H2,(H,18,20)(H,21,22). The molecule has 22 heavy (non-hydrogen) atoms. The lowest BCUT2D eigenvalue weighted by Gasteiger charge is -2.41. The molecular weight excluding hydrogens is 282 g/mol. The van der Waals surface area contributed by atoms with E-state index in [1.165, 1.54) is 0 Å². The molecule has 4 atom stereocenters. The number of carboxylic acid groups (broad SMARTS) is 1. The van der Waals surface area contributed by atoms with E-state index in [4.69, 9.17) is 0 Å². The molecule has 0 radical (unpaired) electrons. The van der Waals surface area contributed by atoms with E-state index >= 15 is 0 Å². The summed E-state index contributed by atoms with van der Waals surface area (Å²) >= 11 is 0. The van der Waals surface area contributed by atoms with Crippen LogP contribution in [0, 0.1) is 23.7 Å². The lowest BCUT2D eigenvalue weighted by atomic mass is 9.62. The van der Waals surface area contributed by atoms with Gasteiger partial charge in [0, 0.05) is 25.5 Å². The van der Waals surface area contributed by atoms with Crippen LogP contribution < -0.4 is 5.32 Å². The number of aromatic nitrogens is 2. The Kier molecular flexibility index (Phi) is 4.27. The largest absolute Gasteiger partial charge is 0.481 e. The van der Waals surface area contributed by atoms with Gasteiger partial charge in [-0.2, -0.15) is 0 Å². The van der Waals surface area contributed by atoms with Gasteiger partial charge in [0.05, 0.1) is 18.2 Å². The number of hydrogen-bond donors (Lipinski definition) is 2. The third-order valence-corrected chi connectivity index (χ3v) is 4.79. The predicted octanol–water partition coefficient (Wildman–Crippen LogP) is 1.30. The van der Waals surface area contributed by atoms with Crippen molar-refractivity contribution >= 4 is 11.9 Å². The Morgan fingerprint density at radius 3 is 2.55 bits per heavy atom. The molecule has 1 saturated carbocycles. The van der Waals surface area contributed by atoms with Crippen molar-refractivity contribution in [2.45, 2.75) is 25.8 Å². The number of imidazole rings is 1. The van der Waals surface area contributed by atoms with E-state index in [2.05, 4.69) is 10.3 Å². The van der Waals surface area contributed by atoms with Crippen molar-refractivity contribution in [1.29, 1.82) is 0 Å². The van der Waals surface area contributed by atoms with Crippen LogP contribution in [0.4, 0.5) is 0 Å². The number of allylic oxidation sites excluding steroid dienone is 2. The highest BCUT2D eigenvalue weighted by Gasteiger charge is 2.47. The highest BCUT2D eigenvalue weighted by Crippen LogP contribution is 2.44. The van der Waals surface area contributed by atoms with E-state index in [-0.39, 0.29) is 17.7 Å². The number of amides is 1. The van der Waals surface area contributed by atoms with E-state index in [1.807, 2.05) is 22.9 Å². The number of aliphatic carboxylic acids is 1. The number of fused-ring (bicyclic) bond motifs is 2. The van der Waals surface area contributed by atoms with Gasteiger partial charge in [-0.25, -0.2) is 4.98 Å². The second-order valence-corrected chi connectivity index (χ2v) is 6.12. The summed E-state index contributed by atoms with van der Waals surface area (Å²) in [5.41, 5.74) is 0. The first-order valence-corrected chi connectivity index (χ1v) is 7.81. The van der Waals surface area contributed by atoms with Gasteiger partial charge >= 0.3 is 5.97 Å². The smallest absolute Gasteiger partial charge is 0.307 e. The Morgan fingerprint density at radius 1 is 1.23 bits per heavy atom. The maximum atomic E-state index is 12.4. The number of nitrogens with one attached hydrogen (secondary N) is 1. The summed E-state index contributed by atoms with van der Waals surface area (Å²) in [6, 6.07) is 0. The average Bonchev–Trinajstić information content (AvgIpc) is 3.04. The summed E-state index contributed by atoms with van der Waals surface area (Å²) < 4.78 is 1.96. The molecule has 1 fully saturated rings. The van der Waals surface area contributed by atoms with Gasteiger partial charge in [0.2, 0.25) is 5.91 Å². The molecule has 1 aromatic rings. The fraction of sp³-hybridized carbons (Fsp3) is 0.562. The molecular formula is C16H21N3O3. The molecule has 2 bridgehead atoms. The Balaban J connectivity index is 1.54. The van der Waals surface area contributed by atoms with Gasteiger partial charge in [0.25, 0.3) is 0 Å². The molecule has 118 valence electrons. The molecule has 1 heterocycles. The Bertz CT molecular complexity index is 567. The van der Waals surface area contributed by atoms with Crippen molar-refractivity contribution in [2.24, 2.45) is 23.7 Å². The first kappa shape index (κ1) is 14.8. The predicted molar refractivity (Wildman–Crippen MR) is 79.8 cm³/mol. The first-order chi connectivity index (χ1) is 10.7. The molecule has 3 aliphatic carbocycles. The quantitative estimate of drug-likeness (QED) is 0.613. The second-order valence-electron chi connectivity index (χ2n) is 6.12. The van der Waals surface area contributed by atoms with Gasteiger partial charge in [-0.15, -0.1) is 0 Å². The number of carboxylic acids is 1. The van der Waals surface area contributed by atoms with Crippen molar-refractivity contribution in [1.82, 2.24) is 14.9 Å². The van der Waals surface area contributed by atoms with Crippen molar-refractivity contribution in [3.8, 4) is 0 Å². The van der Waals surface area contributed by atoms with Gasteiger partial charge in [-0.1, -0.05) is 12.2 Å². The SMILES string of the molecule is O=C(O)C1C2C=CC(CC2)C1C(=O)NCCCn1ccnc1. The third-order valence-electron chi connectivity index (χ3n) is 4.79. The van der Waals surface area contributed by atoms with Crippen LogP contribution in [0.2, 0.25) is 0 Å². The Labute approximate surface area is 129 Å². The van der Waals surface area contributed by atoms with Crippen molar-refractivity contribution < 1.29 is 14.7 Å². The molecule has 0 aliphatic heterocycles. The van der Waals surface area contributed by atoms with Gasteiger partial charge in [-0.05, 0) is 31.1 Å². The molecule has 6 heteroatoms. The zero-order chi connectivity index (χ0) is 15.5. The van der Waals surface area contributed by atoms with Crippen LogP contribution in [0.5, 0.6) is 0 Å². The maximum Gasteiger partial charge on any atom is 0.307 e. The number of rotatable bonds is 6. The van der Waals surface area contributed by atoms with Crippen LogP contribution in [0.15, 0.2) is 30.9 Å². The summed E-state index contributed by atoms with van der Waals surface area (Å²) in [5, 5.41) is 12.4. The maximum absolute atomic E-state index is 12.4. The van der Waals surface area contributed by atoms with E-state index in [0.29, 0.717) is 6.54 Å². The van der Waals surface area contributed by atoms with E-state index in [0.717, 1.165) is 25.8 Å². The van der Waals surface area contributed by atoms with Crippen LogP contribution in [0.1, 0.15) is 19.3 Å². The minimum atomic E-state index is -0.849. The average molecular weight is 303 g/mol. The number of hydrogen-bond acceptors (Lipinski definition) is 3. The van der Waals surface area contributed by atoms with Gasteiger partial charge < -0.3 is 15.0 Å². The summed E-state index contributed by atoms with van der Waals surface area (Å²) in [6.07, 6.45) is 12.0. The lowest BCUT2D eigenvalue weighted by Crippen LogP contribution is -2.49. The topological polar surface area (TPSA) is 84.2 Å². The number of carbonyl (C=O) groups excluding carboxylic acids is 1. The van der Waals surface area contributed by atoms with Crippen LogP contribution in [0.25, 0.3) is 0 Å². The highest BCUT2D eigenvalue weighted by atomic mass is 16.4. The molecule has 4 unspecified atom stereocenters. The molecule has 1 aromatic heterocycles. The summed E-state index contributed by atoms with van der Waals surface area (Å²) in [5.74, 6) is -1.88. The summed E-state index contributed by atoms with van der Waals surface area (Å²) in [7, 11) is 0. The van der Waals surface area contributed by atoms with Crippen molar-refractivity contribution in [2.75, 3.05) is 6.54 Å². The molecule has 6 nitrogen and oxygen atoms in total. The normalized spacial score (nSPS) is 29.5. The third kappa shape index (κ3) is 2.91. The van der Waals surface area contributed by atoms with Crippen molar-refractivity contribution in [3.63, 3.8) is 0 Å².